The summed E-state index contributed by atoms with van der Waals surface area (Å²) in [6.45, 7) is 0. The molecule has 1 unspecified atom stereocenters. The molecule has 4 heteroatoms. The van der Waals surface area contributed by atoms with Crippen LogP contribution in [0.25, 0.3) is 0 Å². The van der Waals surface area contributed by atoms with Crippen LogP contribution in [0.15, 0.2) is 42.5 Å². The minimum Gasteiger partial charge on any atom is -0.495 e. The van der Waals surface area contributed by atoms with Gasteiger partial charge in [-0.15, -0.1) is 0 Å². The van der Waals surface area contributed by atoms with Crippen molar-refractivity contribution in [3.05, 3.63) is 62.2 Å². The van der Waals surface area contributed by atoms with E-state index in [9.17, 15) is 0 Å². The van der Waals surface area contributed by atoms with Crippen molar-refractivity contribution in [1.29, 1.82) is 0 Å². The van der Waals surface area contributed by atoms with Crippen molar-refractivity contribution in [1.82, 2.24) is 5.32 Å². The van der Waals surface area contributed by atoms with Crippen molar-refractivity contribution < 1.29 is 4.74 Å². The molecule has 19 heavy (non-hydrogen) atoms. The van der Waals surface area contributed by atoms with Gasteiger partial charge < -0.3 is 10.1 Å². The van der Waals surface area contributed by atoms with E-state index in [1.165, 1.54) is 9.13 Å². The van der Waals surface area contributed by atoms with Gasteiger partial charge in [-0.3, -0.25) is 0 Å². The normalized spacial score (nSPS) is 12.2. The van der Waals surface area contributed by atoms with Crippen molar-refractivity contribution in [2.45, 2.75) is 6.04 Å². The van der Waals surface area contributed by atoms with Gasteiger partial charge in [0.2, 0.25) is 0 Å². The summed E-state index contributed by atoms with van der Waals surface area (Å²) in [6.07, 6.45) is 0. The van der Waals surface area contributed by atoms with Crippen LogP contribution < -0.4 is 10.1 Å². The van der Waals surface area contributed by atoms with Crippen LogP contribution in [0, 0.1) is 3.57 Å². The molecular formula is C15H15ClINO. The van der Waals surface area contributed by atoms with E-state index < -0.39 is 0 Å². The second-order valence-electron chi connectivity index (χ2n) is 4.14. The van der Waals surface area contributed by atoms with E-state index in [2.05, 4.69) is 46.1 Å². The molecule has 1 atom stereocenters. The van der Waals surface area contributed by atoms with Crippen LogP contribution in [-0.2, 0) is 0 Å². The molecule has 0 amide bonds. The van der Waals surface area contributed by atoms with Crippen molar-refractivity contribution in [2.24, 2.45) is 0 Å². The molecule has 2 nitrogen and oxygen atoms in total. The van der Waals surface area contributed by atoms with Gasteiger partial charge in [0.15, 0.2) is 0 Å². The van der Waals surface area contributed by atoms with Crippen molar-refractivity contribution in [3.8, 4) is 5.75 Å². The SMILES string of the molecule is CNC(c1ccc(Cl)c(OC)c1)c1ccccc1I. The molecule has 0 radical (unpaired) electrons. The van der Waals surface area contributed by atoms with Gasteiger partial charge in [-0.1, -0.05) is 35.9 Å². The number of halogens is 2. The van der Waals surface area contributed by atoms with Gasteiger partial charge in [-0.25, -0.2) is 0 Å². The molecule has 0 aliphatic rings. The number of methoxy groups -OCH3 is 1. The van der Waals surface area contributed by atoms with Crippen LogP contribution in [0.5, 0.6) is 5.75 Å². The summed E-state index contributed by atoms with van der Waals surface area (Å²) in [5, 5.41) is 3.97. The van der Waals surface area contributed by atoms with Gasteiger partial charge in [0, 0.05) is 3.57 Å². The minimum absolute atomic E-state index is 0.124. The van der Waals surface area contributed by atoms with Crippen LogP contribution in [0.3, 0.4) is 0 Å². The number of nitrogens with one attached hydrogen (secondary N) is 1. The Morgan fingerprint density at radius 1 is 1.21 bits per heavy atom. The molecule has 0 saturated heterocycles. The fourth-order valence-corrected chi connectivity index (χ4v) is 2.96. The Balaban J connectivity index is 2.45. The van der Waals surface area contributed by atoms with Gasteiger partial charge in [0.1, 0.15) is 5.75 Å². The maximum atomic E-state index is 6.07. The average Bonchev–Trinajstić information content (AvgIpc) is 2.43. The van der Waals surface area contributed by atoms with E-state index in [1.807, 2.05) is 31.3 Å². The molecule has 0 bridgehead atoms. The first-order valence-electron chi connectivity index (χ1n) is 5.92. The third-order valence-corrected chi connectivity index (χ3v) is 4.31. The van der Waals surface area contributed by atoms with E-state index in [4.69, 9.17) is 16.3 Å². The second kappa shape index (κ2) is 6.59. The van der Waals surface area contributed by atoms with Gasteiger partial charge in [0.05, 0.1) is 18.2 Å². The number of benzene rings is 2. The summed E-state index contributed by atoms with van der Waals surface area (Å²) >= 11 is 8.43. The zero-order valence-corrected chi connectivity index (χ0v) is 13.7. The van der Waals surface area contributed by atoms with E-state index in [0.717, 1.165) is 5.56 Å². The number of hydrogen-bond donors (Lipinski definition) is 1. The predicted octanol–water partition coefficient (Wildman–Crippen LogP) is 4.26. The Morgan fingerprint density at radius 3 is 2.58 bits per heavy atom. The third-order valence-electron chi connectivity index (χ3n) is 3.01. The summed E-state index contributed by atoms with van der Waals surface area (Å²) in [5.74, 6) is 0.699. The summed E-state index contributed by atoms with van der Waals surface area (Å²) in [5.41, 5.74) is 2.38. The van der Waals surface area contributed by atoms with Crippen molar-refractivity contribution in [3.63, 3.8) is 0 Å². The van der Waals surface area contributed by atoms with Crippen LogP contribution in [0.4, 0.5) is 0 Å². The number of ether oxygens (including phenoxy) is 1. The van der Waals surface area contributed by atoms with Gasteiger partial charge in [-0.05, 0) is 59.0 Å². The van der Waals surface area contributed by atoms with Gasteiger partial charge in [-0.2, -0.15) is 0 Å². The highest BCUT2D eigenvalue weighted by molar-refractivity contribution is 14.1. The molecule has 0 fully saturated rings. The molecule has 2 rings (SSSR count). The standard InChI is InChI=1S/C15H15ClINO/c1-18-15(11-5-3-4-6-13(11)17)10-7-8-12(16)14(9-10)19-2/h3-9,15,18H,1-2H3. The topological polar surface area (TPSA) is 21.3 Å². The zero-order chi connectivity index (χ0) is 13.8. The maximum Gasteiger partial charge on any atom is 0.137 e. The highest BCUT2D eigenvalue weighted by Crippen LogP contribution is 2.31. The molecule has 2 aromatic rings. The van der Waals surface area contributed by atoms with E-state index in [-0.39, 0.29) is 6.04 Å². The maximum absolute atomic E-state index is 6.07. The van der Waals surface area contributed by atoms with E-state index >= 15 is 0 Å². The predicted molar refractivity (Wildman–Crippen MR) is 88.1 cm³/mol. The van der Waals surface area contributed by atoms with E-state index in [1.54, 1.807) is 7.11 Å². The Morgan fingerprint density at radius 2 is 1.95 bits per heavy atom. The molecule has 0 aliphatic heterocycles. The quantitative estimate of drug-likeness (QED) is 0.792. The lowest BCUT2D eigenvalue weighted by Gasteiger charge is -2.19. The fraction of sp³-hybridized carbons (Fsp3) is 0.200. The molecule has 2 aromatic carbocycles. The molecule has 0 saturated carbocycles. The summed E-state index contributed by atoms with van der Waals surface area (Å²) in [6, 6.07) is 14.3. The number of hydrogen-bond acceptors (Lipinski definition) is 2. The summed E-state index contributed by atoms with van der Waals surface area (Å²) < 4.78 is 6.51. The first kappa shape index (κ1) is 14.6. The largest absolute Gasteiger partial charge is 0.495 e. The Hall–Kier alpha value is -0.780. The molecule has 0 heterocycles. The highest BCUT2D eigenvalue weighted by Gasteiger charge is 2.16. The third kappa shape index (κ3) is 3.22. The first-order chi connectivity index (χ1) is 9.17. The van der Waals surface area contributed by atoms with Gasteiger partial charge in [0.25, 0.3) is 0 Å². The smallest absolute Gasteiger partial charge is 0.137 e. The molecule has 1 N–H and O–H groups in total. The monoisotopic (exact) mass is 387 g/mol. The molecule has 0 spiro atoms. The highest BCUT2D eigenvalue weighted by atomic mass is 127. The Bertz CT molecular complexity index is 574. The lowest BCUT2D eigenvalue weighted by atomic mass is 9.99. The van der Waals surface area contributed by atoms with E-state index in [0.29, 0.717) is 10.8 Å². The average molecular weight is 388 g/mol. The zero-order valence-electron chi connectivity index (χ0n) is 10.8. The lowest BCUT2D eigenvalue weighted by Crippen LogP contribution is -2.18. The van der Waals surface area contributed by atoms with Crippen LogP contribution >= 0.6 is 34.2 Å². The first-order valence-corrected chi connectivity index (χ1v) is 7.38. The molecule has 0 aliphatic carbocycles. The van der Waals surface area contributed by atoms with Gasteiger partial charge >= 0.3 is 0 Å². The summed E-state index contributed by atoms with van der Waals surface area (Å²) in [4.78, 5) is 0. The molecule has 0 aromatic heterocycles. The number of rotatable bonds is 4. The molecule has 100 valence electrons. The second-order valence-corrected chi connectivity index (χ2v) is 5.71. The van der Waals surface area contributed by atoms with Crippen LogP contribution in [0.1, 0.15) is 17.2 Å². The fourth-order valence-electron chi connectivity index (χ4n) is 2.07. The summed E-state index contributed by atoms with van der Waals surface area (Å²) in [7, 11) is 3.58. The van der Waals surface area contributed by atoms with Crippen molar-refractivity contribution >= 4 is 34.2 Å². The lowest BCUT2D eigenvalue weighted by molar-refractivity contribution is 0.414. The Labute approximate surface area is 132 Å². The van der Waals surface area contributed by atoms with Crippen LogP contribution in [0.2, 0.25) is 5.02 Å². The van der Waals surface area contributed by atoms with Crippen molar-refractivity contribution in [2.75, 3.05) is 14.2 Å². The Kier molecular flexibility index (Phi) is 5.07. The minimum atomic E-state index is 0.124. The van der Waals surface area contributed by atoms with Crippen LogP contribution in [-0.4, -0.2) is 14.2 Å². The molecular weight excluding hydrogens is 373 g/mol.